The van der Waals surface area contributed by atoms with E-state index in [9.17, 15) is 4.79 Å². The molecule has 0 saturated heterocycles. The first-order valence-corrected chi connectivity index (χ1v) is 6.20. The van der Waals surface area contributed by atoms with Crippen molar-refractivity contribution >= 4 is 5.91 Å². The minimum Gasteiger partial charge on any atom is -0.370 e. The van der Waals surface area contributed by atoms with Gasteiger partial charge in [0.25, 0.3) is 0 Å². The molecule has 0 aliphatic carbocycles. The molecule has 15 heavy (non-hydrogen) atoms. The zero-order valence-corrected chi connectivity index (χ0v) is 10.0. The lowest BCUT2D eigenvalue weighted by Gasteiger charge is -1.97. The molecule has 0 aliphatic heterocycles. The van der Waals surface area contributed by atoms with Crippen LogP contribution in [0.1, 0.15) is 64.7 Å². The van der Waals surface area contributed by atoms with Gasteiger partial charge in [0.1, 0.15) is 0 Å². The van der Waals surface area contributed by atoms with E-state index in [1.165, 1.54) is 38.5 Å². The maximum absolute atomic E-state index is 10.4. The first kappa shape index (κ1) is 14.2. The number of carbonyl (C=O) groups is 1. The lowest BCUT2D eigenvalue weighted by molar-refractivity contribution is -0.117. The van der Waals surface area contributed by atoms with Crippen LogP contribution >= 0.6 is 0 Å². The molecule has 0 atom stereocenters. The fourth-order valence-corrected chi connectivity index (χ4v) is 1.50. The molecule has 0 fully saturated rings. The van der Waals surface area contributed by atoms with Gasteiger partial charge in [0, 0.05) is 6.42 Å². The number of amides is 1. The molecule has 0 aliphatic rings. The van der Waals surface area contributed by atoms with Crippen LogP contribution in [0.15, 0.2) is 12.2 Å². The summed E-state index contributed by atoms with van der Waals surface area (Å²) in [6.45, 7) is 2.24. The quantitative estimate of drug-likeness (QED) is 0.436. The highest BCUT2D eigenvalue weighted by molar-refractivity contribution is 5.73. The van der Waals surface area contributed by atoms with Gasteiger partial charge in [0.05, 0.1) is 0 Å². The van der Waals surface area contributed by atoms with Gasteiger partial charge in [0.15, 0.2) is 0 Å². The van der Waals surface area contributed by atoms with Crippen molar-refractivity contribution in [3.05, 3.63) is 12.2 Å². The fraction of sp³-hybridized carbons (Fsp3) is 0.769. The van der Waals surface area contributed by atoms with Crippen LogP contribution < -0.4 is 5.73 Å². The fourth-order valence-electron chi connectivity index (χ4n) is 1.50. The topological polar surface area (TPSA) is 43.1 Å². The number of nitrogens with two attached hydrogens (primary N) is 1. The molecule has 0 spiro atoms. The zero-order chi connectivity index (χ0) is 11.4. The summed E-state index contributed by atoms with van der Waals surface area (Å²) in [4.78, 5) is 10.4. The number of rotatable bonds is 10. The summed E-state index contributed by atoms with van der Waals surface area (Å²) in [5.74, 6) is -0.209. The molecule has 0 bridgehead atoms. The Bertz CT molecular complexity index is 175. The van der Waals surface area contributed by atoms with E-state index in [0.717, 1.165) is 12.8 Å². The van der Waals surface area contributed by atoms with Gasteiger partial charge in [-0.15, -0.1) is 0 Å². The molecule has 0 aromatic rings. The average Bonchev–Trinajstić information content (AvgIpc) is 2.20. The molecule has 0 saturated carbocycles. The summed E-state index contributed by atoms with van der Waals surface area (Å²) in [6.07, 6.45) is 14.7. The molecule has 2 nitrogen and oxygen atoms in total. The number of hydrogen-bond donors (Lipinski definition) is 1. The van der Waals surface area contributed by atoms with Gasteiger partial charge in [-0.3, -0.25) is 4.79 Å². The van der Waals surface area contributed by atoms with Gasteiger partial charge in [-0.05, 0) is 19.3 Å². The van der Waals surface area contributed by atoms with Crippen molar-refractivity contribution in [3.63, 3.8) is 0 Å². The SMILES string of the molecule is CCCCCCCC/C=C/CCC(N)=O. The standard InChI is InChI=1S/C13H25NO/c1-2-3-4-5-6-7-8-9-10-11-12-13(14)15/h9-10H,2-8,11-12H2,1H3,(H2,14,15)/b10-9+. The number of hydrogen-bond acceptors (Lipinski definition) is 1. The predicted octanol–water partition coefficient (Wildman–Crippen LogP) is 3.56. The van der Waals surface area contributed by atoms with E-state index in [1.807, 2.05) is 0 Å². The van der Waals surface area contributed by atoms with Gasteiger partial charge in [-0.25, -0.2) is 0 Å². The van der Waals surface area contributed by atoms with Crippen LogP contribution in [0, 0.1) is 0 Å². The molecule has 0 aromatic heterocycles. The molecule has 0 radical (unpaired) electrons. The summed E-state index contributed by atoms with van der Waals surface area (Å²) in [5.41, 5.74) is 5.03. The molecule has 88 valence electrons. The molecule has 0 heterocycles. The van der Waals surface area contributed by atoms with Gasteiger partial charge in [-0.1, -0.05) is 51.2 Å². The Balaban J connectivity index is 3.06. The van der Waals surface area contributed by atoms with Crippen molar-refractivity contribution in [1.82, 2.24) is 0 Å². The first-order valence-electron chi connectivity index (χ1n) is 6.20. The van der Waals surface area contributed by atoms with E-state index >= 15 is 0 Å². The highest BCUT2D eigenvalue weighted by Crippen LogP contribution is 2.07. The molecular weight excluding hydrogens is 186 g/mol. The van der Waals surface area contributed by atoms with Crippen LogP contribution in [0.5, 0.6) is 0 Å². The van der Waals surface area contributed by atoms with Crippen LogP contribution in [0.2, 0.25) is 0 Å². The lowest BCUT2D eigenvalue weighted by Crippen LogP contribution is -2.08. The molecular formula is C13H25NO. The van der Waals surface area contributed by atoms with Gasteiger partial charge < -0.3 is 5.73 Å². The second kappa shape index (κ2) is 11.3. The van der Waals surface area contributed by atoms with E-state index in [1.54, 1.807) is 0 Å². The Morgan fingerprint density at radius 1 is 1.00 bits per heavy atom. The Morgan fingerprint density at radius 2 is 1.60 bits per heavy atom. The predicted molar refractivity (Wildman–Crippen MR) is 65.6 cm³/mol. The first-order chi connectivity index (χ1) is 7.27. The Labute approximate surface area is 93.9 Å². The van der Waals surface area contributed by atoms with Crippen molar-refractivity contribution in [1.29, 1.82) is 0 Å². The van der Waals surface area contributed by atoms with E-state index in [-0.39, 0.29) is 5.91 Å². The molecule has 2 N–H and O–H groups in total. The van der Waals surface area contributed by atoms with Gasteiger partial charge in [0.2, 0.25) is 5.91 Å². The zero-order valence-electron chi connectivity index (χ0n) is 10.0. The Kier molecular flexibility index (Phi) is 10.7. The Morgan fingerprint density at radius 3 is 2.27 bits per heavy atom. The summed E-state index contributed by atoms with van der Waals surface area (Å²) in [6, 6.07) is 0. The third-order valence-electron chi connectivity index (χ3n) is 2.45. The van der Waals surface area contributed by atoms with Gasteiger partial charge >= 0.3 is 0 Å². The molecule has 1 amide bonds. The monoisotopic (exact) mass is 211 g/mol. The van der Waals surface area contributed by atoms with Crippen molar-refractivity contribution in [2.75, 3.05) is 0 Å². The lowest BCUT2D eigenvalue weighted by atomic mass is 10.1. The summed E-state index contributed by atoms with van der Waals surface area (Å²) in [5, 5.41) is 0. The minimum atomic E-state index is -0.209. The van der Waals surface area contributed by atoms with Crippen LogP contribution in [0.3, 0.4) is 0 Å². The van der Waals surface area contributed by atoms with Crippen molar-refractivity contribution in [2.24, 2.45) is 5.73 Å². The summed E-state index contributed by atoms with van der Waals surface area (Å²) < 4.78 is 0. The van der Waals surface area contributed by atoms with E-state index in [2.05, 4.69) is 19.1 Å². The molecule has 2 heteroatoms. The number of unbranched alkanes of at least 4 members (excludes halogenated alkanes) is 6. The van der Waals surface area contributed by atoms with Crippen molar-refractivity contribution in [2.45, 2.75) is 64.7 Å². The molecule has 0 rings (SSSR count). The second-order valence-corrected chi connectivity index (χ2v) is 4.03. The van der Waals surface area contributed by atoms with Gasteiger partial charge in [-0.2, -0.15) is 0 Å². The average molecular weight is 211 g/mol. The Hall–Kier alpha value is -0.790. The normalized spacial score (nSPS) is 11.0. The van der Waals surface area contributed by atoms with E-state index in [0.29, 0.717) is 6.42 Å². The smallest absolute Gasteiger partial charge is 0.217 e. The van der Waals surface area contributed by atoms with E-state index in [4.69, 9.17) is 5.73 Å². The van der Waals surface area contributed by atoms with Crippen LogP contribution in [0.4, 0.5) is 0 Å². The third kappa shape index (κ3) is 13.2. The largest absolute Gasteiger partial charge is 0.370 e. The molecule has 0 unspecified atom stereocenters. The number of carbonyl (C=O) groups excluding carboxylic acids is 1. The number of primary amides is 1. The summed E-state index contributed by atoms with van der Waals surface area (Å²) >= 11 is 0. The van der Waals surface area contributed by atoms with E-state index < -0.39 is 0 Å². The minimum absolute atomic E-state index is 0.209. The summed E-state index contributed by atoms with van der Waals surface area (Å²) in [7, 11) is 0. The maximum Gasteiger partial charge on any atom is 0.217 e. The number of allylic oxidation sites excluding steroid dienone is 2. The van der Waals surface area contributed by atoms with Crippen LogP contribution in [-0.2, 0) is 4.79 Å². The highest BCUT2D eigenvalue weighted by Gasteiger charge is 1.90. The molecule has 0 aromatic carbocycles. The second-order valence-electron chi connectivity index (χ2n) is 4.03. The third-order valence-corrected chi connectivity index (χ3v) is 2.45. The van der Waals surface area contributed by atoms with Crippen molar-refractivity contribution in [3.8, 4) is 0 Å². The van der Waals surface area contributed by atoms with Crippen LogP contribution in [-0.4, -0.2) is 5.91 Å². The van der Waals surface area contributed by atoms with Crippen molar-refractivity contribution < 1.29 is 4.79 Å². The highest BCUT2D eigenvalue weighted by atomic mass is 16.1. The van der Waals surface area contributed by atoms with Crippen LogP contribution in [0.25, 0.3) is 0 Å². The maximum atomic E-state index is 10.4.